The van der Waals surface area contributed by atoms with E-state index in [0.29, 0.717) is 26.4 Å². The van der Waals surface area contributed by atoms with Crippen LogP contribution in [0.1, 0.15) is 34.1 Å². The minimum atomic E-state index is -2.52. The number of benzene rings is 2. The smallest absolute Gasteiger partial charge is 0.308 e. The molecule has 0 aliphatic carbocycles. The summed E-state index contributed by atoms with van der Waals surface area (Å²) < 4.78 is 17.3. The highest BCUT2D eigenvalue weighted by Crippen LogP contribution is 2.36. The van der Waals surface area contributed by atoms with Crippen molar-refractivity contribution >= 4 is 24.7 Å². The lowest BCUT2D eigenvalue weighted by molar-refractivity contribution is -0.144. The van der Waals surface area contributed by atoms with Crippen molar-refractivity contribution in [3.05, 3.63) is 60.7 Å². The first kappa shape index (κ1) is 22.3. The molecule has 0 spiro atoms. The Morgan fingerprint density at radius 2 is 1.39 bits per heavy atom. The molecule has 0 aliphatic heterocycles. The summed E-state index contributed by atoms with van der Waals surface area (Å²) in [5.41, 5.74) is 0. The Kier molecular flexibility index (Phi) is 8.42. The highest BCUT2D eigenvalue weighted by molar-refractivity contribution is 6.99. The normalized spacial score (nSPS) is 12.0. The zero-order valence-corrected chi connectivity index (χ0v) is 18.4. The van der Waals surface area contributed by atoms with Gasteiger partial charge in [-0.25, -0.2) is 0 Å². The molecule has 0 amide bonds. The SMILES string of the molecule is CCOC(=O)CCOCCO[Si](c1ccccc1)(c1ccccc1)C(C)(C)C. The van der Waals surface area contributed by atoms with Gasteiger partial charge in [-0.3, -0.25) is 4.79 Å². The van der Waals surface area contributed by atoms with Crippen LogP contribution in [0.15, 0.2) is 60.7 Å². The molecule has 2 aromatic carbocycles. The van der Waals surface area contributed by atoms with Crippen LogP contribution in [0.4, 0.5) is 0 Å². The van der Waals surface area contributed by atoms with Crippen molar-refractivity contribution in [1.82, 2.24) is 0 Å². The standard InChI is InChI=1S/C23H32O4Si/c1-5-26-22(24)16-17-25-18-19-27-28(23(2,3)4,20-12-8-6-9-13-20)21-14-10-7-11-15-21/h6-15H,5,16-19H2,1-4H3. The van der Waals surface area contributed by atoms with Crippen LogP contribution < -0.4 is 10.4 Å². The monoisotopic (exact) mass is 400 g/mol. The minimum Gasteiger partial charge on any atom is -0.466 e. The summed E-state index contributed by atoms with van der Waals surface area (Å²) in [6.45, 7) is 10.2. The zero-order valence-electron chi connectivity index (χ0n) is 17.4. The van der Waals surface area contributed by atoms with Gasteiger partial charge >= 0.3 is 5.97 Å². The first-order valence-electron chi connectivity index (χ1n) is 9.90. The van der Waals surface area contributed by atoms with Gasteiger partial charge in [0.2, 0.25) is 0 Å². The van der Waals surface area contributed by atoms with E-state index in [4.69, 9.17) is 13.9 Å². The number of ether oxygens (including phenoxy) is 2. The summed E-state index contributed by atoms with van der Waals surface area (Å²) in [5.74, 6) is -0.226. The summed E-state index contributed by atoms with van der Waals surface area (Å²) in [4.78, 5) is 11.4. The van der Waals surface area contributed by atoms with E-state index in [0.717, 1.165) is 0 Å². The Morgan fingerprint density at radius 1 is 0.857 bits per heavy atom. The lowest BCUT2D eigenvalue weighted by atomic mass is 10.2. The molecule has 0 unspecified atom stereocenters. The van der Waals surface area contributed by atoms with E-state index in [1.807, 2.05) is 12.1 Å². The summed E-state index contributed by atoms with van der Waals surface area (Å²) in [7, 11) is -2.52. The number of hydrogen-bond acceptors (Lipinski definition) is 4. The molecule has 2 aromatic rings. The Bertz CT molecular complexity index is 671. The Hall–Kier alpha value is -1.95. The molecule has 0 heterocycles. The van der Waals surface area contributed by atoms with Crippen LogP contribution in [0, 0.1) is 0 Å². The van der Waals surface area contributed by atoms with Crippen molar-refractivity contribution in [1.29, 1.82) is 0 Å². The molecule has 0 bridgehead atoms. The van der Waals surface area contributed by atoms with Crippen molar-refractivity contribution < 1.29 is 18.7 Å². The molecule has 4 nitrogen and oxygen atoms in total. The fraction of sp³-hybridized carbons (Fsp3) is 0.435. The van der Waals surface area contributed by atoms with E-state index < -0.39 is 8.32 Å². The van der Waals surface area contributed by atoms with Crippen LogP contribution in [-0.4, -0.2) is 40.7 Å². The highest BCUT2D eigenvalue weighted by Gasteiger charge is 2.49. The van der Waals surface area contributed by atoms with Gasteiger partial charge in [-0.15, -0.1) is 0 Å². The van der Waals surface area contributed by atoms with Gasteiger partial charge in [0, 0.05) is 0 Å². The molecule has 0 fully saturated rings. The average molecular weight is 401 g/mol. The Balaban J connectivity index is 2.15. The van der Waals surface area contributed by atoms with Crippen molar-refractivity contribution in [3.8, 4) is 0 Å². The molecule has 28 heavy (non-hydrogen) atoms. The number of carbonyl (C=O) groups excluding carboxylic acids is 1. The Morgan fingerprint density at radius 3 is 1.86 bits per heavy atom. The van der Waals surface area contributed by atoms with E-state index in [1.165, 1.54) is 10.4 Å². The summed E-state index contributed by atoms with van der Waals surface area (Å²) in [6.07, 6.45) is 0.271. The second-order valence-electron chi connectivity index (χ2n) is 7.68. The maximum atomic E-state index is 11.4. The number of hydrogen-bond donors (Lipinski definition) is 0. The molecule has 2 rings (SSSR count). The van der Waals surface area contributed by atoms with E-state index in [-0.39, 0.29) is 17.4 Å². The molecule has 5 heteroatoms. The average Bonchev–Trinajstić information content (AvgIpc) is 2.68. The van der Waals surface area contributed by atoms with Crippen LogP contribution in [-0.2, 0) is 18.7 Å². The van der Waals surface area contributed by atoms with Crippen LogP contribution in [0.25, 0.3) is 0 Å². The number of rotatable bonds is 10. The molecule has 0 aromatic heterocycles. The minimum absolute atomic E-state index is 0.0549. The molecular weight excluding hydrogens is 368 g/mol. The van der Waals surface area contributed by atoms with Gasteiger partial charge in [-0.1, -0.05) is 81.4 Å². The van der Waals surface area contributed by atoms with Gasteiger partial charge in [0.1, 0.15) is 0 Å². The van der Waals surface area contributed by atoms with Gasteiger partial charge < -0.3 is 13.9 Å². The largest absolute Gasteiger partial charge is 0.466 e. The maximum absolute atomic E-state index is 11.4. The molecule has 0 N–H and O–H groups in total. The molecule has 0 saturated heterocycles. The lowest BCUT2D eigenvalue weighted by Crippen LogP contribution is -2.66. The third-order valence-corrected chi connectivity index (χ3v) is 9.76. The maximum Gasteiger partial charge on any atom is 0.308 e. The third-order valence-electron chi connectivity index (χ3n) is 4.72. The second kappa shape index (κ2) is 10.6. The van der Waals surface area contributed by atoms with Gasteiger partial charge in [-0.05, 0) is 22.3 Å². The molecule has 152 valence electrons. The fourth-order valence-electron chi connectivity index (χ4n) is 3.51. The first-order valence-corrected chi connectivity index (χ1v) is 11.8. The third kappa shape index (κ3) is 5.53. The fourth-order valence-corrected chi connectivity index (χ4v) is 8.05. The topological polar surface area (TPSA) is 44.8 Å². The second-order valence-corrected chi connectivity index (χ2v) is 12.0. The number of carbonyl (C=O) groups is 1. The quantitative estimate of drug-likeness (QED) is 0.348. The summed E-state index contributed by atoms with van der Waals surface area (Å²) in [6, 6.07) is 21.1. The molecule has 0 saturated carbocycles. The predicted molar refractivity (Wildman–Crippen MR) is 116 cm³/mol. The van der Waals surface area contributed by atoms with Gasteiger partial charge in [0.05, 0.1) is 32.8 Å². The molecule has 0 aliphatic rings. The predicted octanol–water partition coefficient (Wildman–Crippen LogP) is 3.53. The van der Waals surface area contributed by atoms with E-state index in [9.17, 15) is 4.79 Å². The van der Waals surface area contributed by atoms with Crippen molar-refractivity contribution in [3.63, 3.8) is 0 Å². The summed E-state index contributed by atoms with van der Waals surface area (Å²) >= 11 is 0. The van der Waals surface area contributed by atoms with Crippen LogP contribution >= 0.6 is 0 Å². The van der Waals surface area contributed by atoms with Crippen LogP contribution in [0.2, 0.25) is 5.04 Å². The zero-order chi connectivity index (χ0) is 20.5. The Labute approximate surface area is 170 Å². The molecular formula is C23H32O4Si. The van der Waals surface area contributed by atoms with Crippen LogP contribution in [0.5, 0.6) is 0 Å². The van der Waals surface area contributed by atoms with Crippen LogP contribution in [0.3, 0.4) is 0 Å². The van der Waals surface area contributed by atoms with E-state index in [1.54, 1.807) is 6.92 Å². The lowest BCUT2D eigenvalue weighted by Gasteiger charge is -2.43. The van der Waals surface area contributed by atoms with E-state index in [2.05, 4.69) is 69.3 Å². The van der Waals surface area contributed by atoms with Crippen molar-refractivity contribution in [2.75, 3.05) is 26.4 Å². The number of esters is 1. The van der Waals surface area contributed by atoms with Crippen molar-refractivity contribution in [2.24, 2.45) is 0 Å². The van der Waals surface area contributed by atoms with Gasteiger partial charge in [-0.2, -0.15) is 0 Å². The van der Waals surface area contributed by atoms with Gasteiger partial charge in [0.15, 0.2) is 0 Å². The van der Waals surface area contributed by atoms with Gasteiger partial charge in [0.25, 0.3) is 8.32 Å². The van der Waals surface area contributed by atoms with Crippen molar-refractivity contribution in [2.45, 2.75) is 39.2 Å². The summed E-state index contributed by atoms with van der Waals surface area (Å²) in [5, 5.41) is 2.45. The molecule has 0 radical (unpaired) electrons. The van der Waals surface area contributed by atoms with E-state index >= 15 is 0 Å². The first-order chi connectivity index (χ1) is 13.4. The highest BCUT2D eigenvalue weighted by atomic mass is 28.4. The molecule has 0 atom stereocenters.